The average molecular weight is 331 g/mol. The zero-order chi connectivity index (χ0) is 17.2. The Hall–Kier alpha value is -2.04. The summed E-state index contributed by atoms with van der Waals surface area (Å²) in [5, 5.41) is 9.06. The molecule has 0 unspecified atom stereocenters. The summed E-state index contributed by atoms with van der Waals surface area (Å²) in [6.45, 7) is 3.02. The van der Waals surface area contributed by atoms with Gasteiger partial charge in [0, 0.05) is 23.8 Å². The molecule has 2 rings (SSSR count). The predicted octanol–water partition coefficient (Wildman–Crippen LogP) is 3.08. The number of hydrogen-bond acceptors (Lipinski definition) is 3. The molecule has 1 saturated carbocycles. The molecule has 132 valence electrons. The lowest BCUT2D eigenvalue weighted by Gasteiger charge is -2.22. The quantitative estimate of drug-likeness (QED) is 0.641. The average Bonchev–Trinajstić information content (AvgIpc) is 2.61. The zero-order valence-corrected chi connectivity index (χ0v) is 14.6. The molecule has 0 aromatic heterocycles. The molecule has 0 aliphatic heterocycles. The number of nitrogens with one attached hydrogen (secondary N) is 3. The van der Waals surface area contributed by atoms with Crippen LogP contribution < -0.4 is 16.0 Å². The summed E-state index contributed by atoms with van der Waals surface area (Å²) in [6, 6.07) is 7.62. The number of unbranched alkanes of at least 4 members (excludes halogenated alkanes) is 1. The lowest BCUT2D eigenvalue weighted by atomic mass is 9.95. The van der Waals surface area contributed by atoms with Gasteiger partial charge in [-0.05, 0) is 37.5 Å². The van der Waals surface area contributed by atoms with E-state index >= 15 is 0 Å². The fraction of sp³-hybridized carbons (Fsp3) is 0.579. The van der Waals surface area contributed by atoms with E-state index in [0.717, 1.165) is 31.4 Å². The Morgan fingerprint density at radius 3 is 2.71 bits per heavy atom. The van der Waals surface area contributed by atoms with Gasteiger partial charge in [-0.25, -0.2) is 0 Å². The van der Waals surface area contributed by atoms with Gasteiger partial charge in [0.25, 0.3) is 5.91 Å². The third kappa shape index (κ3) is 6.22. The SMILES string of the molecule is CCCCNC(=O)CNc1cccc(C(=O)NC2CCCCC2)c1. The van der Waals surface area contributed by atoms with Crippen LogP contribution in [0.3, 0.4) is 0 Å². The first-order valence-corrected chi connectivity index (χ1v) is 9.10. The number of carbonyl (C=O) groups excluding carboxylic acids is 2. The molecule has 1 aliphatic carbocycles. The van der Waals surface area contributed by atoms with Crippen LogP contribution >= 0.6 is 0 Å². The van der Waals surface area contributed by atoms with Gasteiger partial charge in [0.15, 0.2) is 0 Å². The minimum absolute atomic E-state index is 0.0273. The lowest BCUT2D eigenvalue weighted by molar-refractivity contribution is -0.119. The van der Waals surface area contributed by atoms with Crippen molar-refractivity contribution < 1.29 is 9.59 Å². The molecule has 5 heteroatoms. The van der Waals surface area contributed by atoms with Gasteiger partial charge in [0.1, 0.15) is 0 Å². The van der Waals surface area contributed by atoms with E-state index in [2.05, 4.69) is 22.9 Å². The summed E-state index contributed by atoms with van der Waals surface area (Å²) in [5.41, 5.74) is 1.42. The Labute approximate surface area is 144 Å². The zero-order valence-electron chi connectivity index (χ0n) is 14.6. The van der Waals surface area contributed by atoms with E-state index in [0.29, 0.717) is 18.2 Å². The molecule has 1 aromatic carbocycles. The number of anilines is 1. The lowest BCUT2D eigenvalue weighted by Crippen LogP contribution is -2.36. The van der Waals surface area contributed by atoms with Crippen LogP contribution in [0.25, 0.3) is 0 Å². The maximum absolute atomic E-state index is 12.4. The summed E-state index contributed by atoms with van der Waals surface area (Å²) < 4.78 is 0. The molecule has 2 amide bonds. The monoisotopic (exact) mass is 331 g/mol. The van der Waals surface area contributed by atoms with E-state index in [4.69, 9.17) is 0 Å². The van der Waals surface area contributed by atoms with Crippen LogP contribution in [0.15, 0.2) is 24.3 Å². The van der Waals surface area contributed by atoms with E-state index in [9.17, 15) is 9.59 Å². The van der Waals surface area contributed by atoms with Gasteiger partial charge < -0.3 is 16.0 Å². The van der Waals surface area contributed by atoms with Crippen molar-refractivity contribution in [3.8, 4) is 0 Å². The fourth-order valence-corrected chi connectivity index (χ4v) is 2.94. The molecule has 5 nitrogen and oxygen atoms in total. The number of amides is 2. The highest BCUT2D eigenvalue weighted by Gasteiger charge is 2.16. The molecule has 0 heterocycles. The number of rotatable bonds is 8. The second-order valence-corrected chi connectivity index (χ2v) is 6.45. The van der Waals surface area contributed by atoms with E-state index in [1.807, 2.05) is 18.2 Å². The van der Waals surface area contributed by atoms with Gasteiger partial charge in [0.2, 0.25) is 5.91 Å². The van der Waals surface area contributed by atoms with Gasteiger partial charge in [0.05, 0.1) is 6.54 Å². The third-order valence-corrected chi connectivity index (χ3v) is 4.37. The fourth-order valence-electron chi connectivity index (χ4n) is 2.94. The molecule has 1 aliphatic rings. The van der Waals surface area contributed by atoms with E-state index < -0.39 is 0 Å². The second kappa shape index (κ2) is 9.96. The molecule has 0 atom stereocenters. The summed E-state index contributed by atoms with van der Waals surface area (Å²) >= 11 is 0. The Kier molecular flexibility index (Phi) is 7.59. The first-order valence-electron chi connectivity index (χ1n) is 9.10. The van der Waals surface area contributed by atoms with Crippen LogP contribution in [0.5, 0.6) is 0 Å². The van der Waals surface area contributed by atoms with E-state index in [1.54, 1.807) is 6.07 Å². The Balaban J connectivity index is 1.81. The van der Waals surface area contributed by atoms with Gasteiger partial charge in [-0.2, -0.15) is 0 Å². The summed E-state index contributed by atoms with van der Waals surface area (Å²) in [6.07, 6.45) is 7.85. The predicted molar refractivity (Wildman–Crippen MR) is 97.2 cm³/mol. The normalized spacial score (nSPS) is 14.9. The minimum Gasteiger partial charge on any atom is -0.376 e. The molecule has 0 saturated heterocycles. The summed E-state index contributed by atoms with van der Waals surface area (Å²) in [7, 11) is 0. The summed E-state index contributed by atoms with van der Waals surface area (Å²) in [4.78, 5) is 24.1. The first-order chi connectivity index (χ1) is 11.7. The van der Waals surface area contributed by atoms with E-state index in [1.165, 1.54) is 19.3 Å². The van der Waals surface area contributed by atoms with Crippen LogP contribution in [0, 0.1) is 0 Å². The molecule has 1 aromatic rings. The molecule has 3 N–H and O–H groups in total. The molecule has 0 bridgehead atoms. The third-order valence-electron chi connectivity index (χ3n) is 4.37. The van der Waals surface area contributed by atoms with Crippen LogP contribution in [0.4, 0.5) is 5.69 Å². The highest BCUT2D eigenvalue weighted by atomic mass is 16.2. The molecular formula is C19H29N3O2. The maximum atomic E-state index is 12.4. The summed E-state index contributed by atoms with van der Waals surface area (Å²) in [5.74, 6) is -0.0570. The smallest absolute Gasteiger partial charge is 0.251 e. The first kappa shape index (κ1) is 18.3. The Bertz CT molecular complexity index is 539. The van der Waals surface area contributed by atoms with Crippen molar-refractivity contribution >= 4 is 17.5 Å². The van der Waals surface area contributed by atoms with Crippen LogP contribution in [-0.4, -0.2) is 30.9 Å². The van der Waals surface area contributed by atoms with Crippen LogP contribution in [-0.2, 0) is 4.79 Å². The molecule has 0 spiro atoms. The Morgan fingerprint density at radius 1 is 1.17 bits per heavy atom. The highest BCUT2D eigenvalue weighted by Crippen LogP contribution is 2.18. The van der Waals surface area contributed by atoms with Gasteiger partial charge in [-0.3, -0.25) is 9.59 Å². The number of carbonyl (C=O) groups is 2. The molecule has 1 fully saturated rings. The van der Waals surface area contributed by atoms with Gasteiger partial charge in [-0.15, -0.1) is 0 Å². The van der Waals surface area contributed by atoms with Crippen molar-refractivity contribution in [2.75, 3.05) is 18.4 Å². The van der Waals surface area contributed by atoms with Crippen molar-refractivity contribution in [2.45, 2.75) is 57.9 Å². The minimum atomic E-state index is -0.0297. The van der Waals surface area contributed by atoms with Crippen molar-refractivity contribution in [1.29, 1.82) is 0 Å². The molecule has 0 radical (unpaired) electrons. The molecule has 24 heavy (non-hydrogen) atoms. The van der Waals surface area contributed by atoms with Crippen molar-refractivity contribution in [1.82, 2.24) is 10.6 Å². The number of benzene rings is 1. The standard InChI is InChI=1S/C19H29N3O2/c1-2-3-12-20-18(23)14-21-17-11-7-8-15(13-17)19(24)22-16-9-5-4-6-10-16/h7-8,11,13,16,21H,2-6,9-10,12,14H2,1H3,(H,20,23)(H,22,24). The highest BCUT2D eigenvalue weighted by molar-refractivity contribution is 5.95. The topological polar surface area (TPSA) is 70.2 Å². The maximum Gasteiger partial charge on any atom is 0.251 e. The van der Waals surface area contributed by atoms with Crippen LogP contribution in [0.2, 0.25) is 0 Å². The van der Waals surface area contributed by atoms with E-state index in [-0.39, 0.29) is 18.4 Å². The number of hydrogen-bond donors (Lipinski definition) is 3. The second-order valence-electron chi connectivity index (χ2n) is 6.45. The van der Waals surface area contributed by atoms with Crippen LogP contribution in [0.1, 0.15) is 62.2 Å². The van der Waals surface area contributed by atoms with Gasteiger partial charge >= 0.3 is 0 Å². The van der Waals surface area contributed by atoms with Crippen molar-refractivity contribution in [3.63, 3.8) is 0 Å². The van der Waals surface area contributed by atoms with Crippen molar-refractivity contribution in [2.24, 2.45) is 0 Å². The Morgan fingerprint density at radius 2 is 1.96 bits per heavy atom. The molecular weight excluding hydrogens is 302 g/mol. The largest absolute Gasteiger partial charge is 0.376 e. The van der Waals surface area contributed by atoms with Gasteiger partial charge in [-0.1, -0.05) is 38.7 Å². The van der Waals surface area contributed by atoms with Crippen molar-refractivity contribution in [3.05, 3.63) is 29.8 Å².